The van der Waals surface area contributed by atoms with Crippen LogP contribution in [-0.4, -0.2) is 167 Å². The Morgan fingerprint density at radius 1 is 0.587 bits per heavy atom. The van der Waals surface area contributed by atoms with Crippen molar-refractivity contribution in [2.45, 2.75) is 38.9 Å². The molecule has 3 aliphatic heterocycles. The normalized spacial score (nSPS) is 16.3. The van der Waals surface area contributed by atoms with Crippen molar-refractivity contribution in [1.29, 1.82) is 0 Å². The third kappa shape index (κ3) is 13.6. The molecule has 63 heavy (non-hydrogen) atoms. The third-order valence-corrected chi connectivity index (χ3v) is 11.5. The lowest BCUT2D eigenvalue weighted by atomic mass is 9.78. The fraction of sp³-hybridized carbons (Fsp3) is 0.465. The van der Waals surface area contributed by atoms with Crippen LogP contribution in [0.4, 0.5) is 26.7 Å². The first-order valence-electron chi connectivity index (χ1n) is 20.3. The maximum absolute atomic E-state index is 12.8. The number of morpholine rings is 2. The van der Waals surface area contributed by atoms with Gasteiger partial charge in [0.1, 0.15) is 0 Å². The van der Waals surface area contributed by atoms with Crippen molar-refractivity contribution in [2.24, 2.45) is 0 Å². The molecule has 0 radical (unpaired) electrons. The number of rotatable bonds is 6. The molecule has 17 nitrogen and oxygen atoms in total. The second kappa shape index (κ2) is 22.3. The van der Waals surface area contributed by atoms with Crippen LogP contribution in [0.1, 0.15) is 58.8 Å². The number of amides is 7. The van der Waals surface area contributed by atoms with E-state index in [1.807, 2.05) is 39.8 Å². The number of nitrogen functional groups attached to an aromatic ring is 1. The molecule has 0 aromatic heterocycles. The number of nitrogens with zero attached hydrogens (tertiary/aromatic N) is 5. The van der Waals surface area contributed by atoms with Crippen LogP contribution in [0.3, 0.4) is 0 Å². The highest BCUT2D eigenvalue weighted by Crippen LogP contribution is 2.37. The van der Waals surface area contributed by atoms with Crippen LogP contribution in [0.5, 0.6) is 0 Å². The quantitative estimate of drug-likeness (QED) is 0.216. The van der Waals surface area contributed by atoms with E-state index in [4.69, 9.17) is 24.5 Å². The van der Waals surface area contributed by atoms with Gasteiger partial charge in [0.05, 0.1) is 65.7 Å². The lowest BCUT2D eigenvalue weighted by Crippen LogP contribution is -2.43. The van der Waals surface area contributed by atoms with E-state index in [0.717, 1.165) is 14.4 Å². The number of halogens is 2. The van der Waals surface area contributed by atoms with Gasteiger partial charge < -0.3 is 59.6 Å². The molecule has 0 bridgehead atoms. The molecular weight excluding hydrogens is 943 g/mol. The first-order chi connectivity index (χ1) is 29.5. The zero-order chi connectivity index (χ0) is 46.8. The van der Waals surface area contributed by atoms with Gasteiger partial charge in [0.15, 0.2) is 0 Å². The number of hydrogen-bond donors (Lipinski definition) is 3. The van der Waals surface area contributed by atoms with Crippen LogP contribution in [-0.2, 0) is 18.8 Å². The average Bonchev–Trinajstić information content (AvgIpc) is 3.47. The average molecular weight is 1000 g/mol. The number of benzene rings is 3. The first-order valence-corrected chi connectivity index (χ1v) is 21.9. The molecule has 3 fully saturated rings. The van der Waals surface area contributed by atoms with Crippen molar-refractivity contribution in [1.82, 2.24) is 24.5 Å². The molecule has 6 rings (SSSR count). The maximum Gasteiger partial charge on any atom is 0.494 e. The number of carbonyl (C=O) groups excluding carboxylic acids is 5. The molecule has 3 aromatic carbocycles. The standard InChI is InChI=1S/C20H30BN3O5.C14H18BrN3O3.C9H11BrN2O/c1-19(2)20(3,4)29-21(28-19)14-7-8-16(15(13-14)17(25)23(5)6)22-18(26)24-9-11-27-12-10-24;1-17(2)13(19)11-9-10(15)3-4-12(11)16-14(20)18-5-7-21-8-6-18;1-12(2)9(13)7-5-6(10)3-4-8(7)11/h7-8,13H,9-12H2,1-6H3,(H,22,26);3-4,9H,5-8H2,1-2H3,(H,16,20);3-5H,11H2,1-2H3. The Labute approximate surface area is 387 Å². The second-order valence-electron chi connectivity index (χ2n) is 16.5. The minimum Gasteiger partial charge on any atom is -0.399 e. The lowest BCUT2D eigenvalue weighted by Gasteiger charge is -2.32. The van der Waals surface area contributed by atoms with E-state index in [0.29, 0.717) is 86.4 Å². The van der Waals surface area contributed by atoms with Gasteiger partial charge in [-0.3, -0.25) is 14.4 Å². The van der Waals surface area contributed by atoms with Gasteiger partial charge in [-0.15, -0.1) is 0 Å². The number of ether oxygens (including phenoxy) is 2. The Balaban J connectivity index is 0.000000224. The van der Waals surface area contributed by atoms with E-state index in [1.165, 1.54) is 14.7 Å². The van der Waals surface area contributed by atoms with Crippen LogP contribution in [0.25, 0.3) is 0 Å². The maximum atomic E-state index is 12.8. The van der Waals surface area contributed by atoms with Gasteiger partial charge in [-0.1, -0.05) is 37.9 Å². The fourth-order valence-corrected chi connectivity index (χ4v) is 6.86. The molecule has 0 unspecified atom stereocenters. The number of nitrogens with one attached hydrogen (secondary N) is 2. The van der Waals surface area contributed by atoms with Crippen molar-refractivity contribution >= 4 is 91.3 Å². The SMILES string of the molecule is CN(C)C(=O)c1cc(B2OC(C)(C)C(C)(C)O2)ccc1NC(=O)N1CCOCC1.CN(C)C(=O)c1cc(Br)ccc1N.CN(C)C(=O)c1cc(Br)ccc1NC(=O)N1CCOCC1. The van der Waals surface area contributed by atoms with Crippen LogP contribution in [0.15, 0.2) is 63.5 Å². The Bertz CT molecular complexity index is 2110. The van der Waals surface area contributed by atoms with Crippen molar-refractivity contribution in [3.63, 3.8) is 0 Å². The van der Waals surface area contributed by atoms with Gasteiger partial charge in [0.2, 0.25) is 0 Å². The Morgan fingerprint density at radius 2 is 0.952 bits per heavy atom. The molecule has 3 saturated heterocycles. The molecule has 3 aliphatic rings. The Hall–Kier alpha value is -4.73. The number of nitrogens with two attached hydrogens (primary N) is 1. The highest BCUT2D eigenvalue weighted by Gasteiger charge is 2.52. The fourth-order valence-electron chi connectivity index (χ4n) is 6.13. The minimum atomic E-state index is -0.585. The molecule has 20 heteroatoms. The first kappa shape index (κ1) is 50.9. The summed E-state index contributed by atoms with van der Waals surface area (Å²) in [5.74, 6) is -0.451. The van der Waals surface area contributed by atoms with E-state index in [1.54, 1.807) is 94.6 Å². The Kier molecular flexibility index (Phi) is 18.0. The van der Waals surface area contributed by atoms with Crippen molar-refractivity contribution in [3.8, 4) is 0 Å². The van der Waals surface area contributed by atoms with Gasteiger partial charge in [0.25, 0.3) is 17.7 Å². The van der Waals surface area contributed by atoms with E-state index in [-0.39, 0.29) is 29.8 Å². The molecular formula is C43H59BBr2N8O9. The van der Waals surface area contributed by atoms with Gasteiger partial charge in [-0.05, 0) is 81.7 Å². The van der Waals surface area contributed by atoms with E-state index >= 15 is 0 Å². The van der Waals surface area contributed by atoms with Crippen molar-refractivity contribution in [3.05, 3.63) is 80.2 Å². The molecule has 4 N–H and O–H groups in total. The Morgan fingerprint density at radius 3 is 1.38 bits per heavy atom. The zero-order valence-corrected chi connectivity index (χ0v) is 40.8. The number of carbonyl (C=O) groups is 5. The van der Waals surface area contributed by atoms with Crippen LogP contribution in [0.2, 0.25) is 0 Å². The predicted octanol–water partition coefficient (Wildman–Crippen LogP) is 5.30. The van der Waals surface area contributed by atoms with Crippen LogP contribution < -0.4 is 21.8 Å². The monoisotopic (exact) mass is 1000 g/mol. The summed E-state index contributed by atoms with van der Waals surface area (Å²) in [5.41, 5.74) is 8.28. The molecule has 342 valence electrons. The summed E-state index contributed by atoms with van der Waals surface area (Å²) in [6, 6.07) is 15.3. The third-order valence-electron chi connectivity index (χ3n) is 10.6. The summed E-state index contributed by atoms with van der Waals surface area (Å²) in [5, 5.41) is 5.67. The molecule has 0 atom stereocenters. The summed E-state index contributed by atoms with van der Waals surface area (Å²) < 4.78 is 24.4. The summed E-state index contributed by atoms with van der Waals surface area (Å²) in [6.07, 6.45) is 0. The van der Waals surface area contributed by atoms with Gasteiger partial charge in [0, 0.05) is 83.1 Å². The highest BCUT2D eigenvalue weighted by atomic mass is 79.9. The number of hydrogen-bond acceptors (Lipinski definition) is 10. The molecule has 0 spiro atoms. The molecule has 3 aromatic rings. The minimum absolute atomic E-state index is 0.0844. The largest absolute Gasteiger partial charge is 0.494 e. The van der Waals surface area contributed by atoms with E-state index < -0.39 is 18.3 Å². The van der Waals surface area contributed by atoms with Crippen molar-refractivity contribution in [2.75, 3.05) is 111 Å². The number of anilines is 3. The van der Waals surface area contributed by atoms with Crippen molar-refractivity contribution < 1.29 is 42.8 Å². The van der Waals surface area contributed by atoms with Gasteiger partial charge >= 0.3 is 19.2 Å². The lowest BCUT2D eigenvalue weighted by molar-refractivity contribution is 0.00578. The van der Waals surface area contributed by atoms with Gasteiger partial charge in [-0.2, -0.15) is 0 Å². The zero-order valence-electron chi connectivity index (χ0n) is 37.7. The molecule has 0 aliphatic carbocycles. The van der Waals surface area contributed by atoms with Crippen LogP contribution in [0, 0.1) is 0 Å². The van der Waals surface area contributed by atoms with E-state index in [2.05, 4.69) is 42.5 Å². The summed E-state index contributed by atoms with van der Waals surface area (Å²) >= 11 is 6.63. The van der Waals surface area contributed by atoms with Gasteiger partial charge in [-0.25, -0.2) is 9.59 Å². The highest BCUT2D eigenvalue weighted by molar-refractivity contribution is 9.10. The second-order valence-corrected chi connectivity index (χ2v) is 18.3. The predicted molar refractivity (Wildman–Crippen MR) is 252 cm³/mol. The summed E-state index contributed by atoms with van der Waals surface area (Å²) in [7, 11) is 9.52. The molecule has 3 heterocycles. The smallest absolute Gasteiger partial charge is 0.399 e. The molecule has 7 amide bonds. The summed E-state index contributed by atoms with van der Waals surface area (Å²) in [6.45, 7) is 12.2. The van der Waals surface area contributed by atoms with E-state index in [9.17, 15) is 24.0 Å². The molecule has 0 saturated carbocycles. The topological polar surface area (TPSA) is 189 Å². The summed E-state index contributed by atoms with van der Waals surface area (Å²) in [4.78, 5) is 69.2. The number of urea groups is 2. The van der Waals surface area contributed by atoms with Crippen LogP contribution >= 0.6 is 31.9 Å².